The van der Waals surface area contributed by atoms with E-state index in [2.05, 4.69) is 60.7 Å². The van der Waals surface area contributed by atoms with Crippen LogP contribution >= 0.6 is 0 Å². The molecule has 1 fully saturated rings. The zero-order valence-electron chi connectivity index (χ0n) is 19.4. The van der Waals surface area contributed by atoms with Crippen LogP contribution in [-0.4, -0.2) is 13.0 Å². The molecule has 2 atom stereocenters. The fraction of sp³-hybridized carbons (Fsp3) is 0.194. The van der Waals surface area contributed by atoms with E-state index >= 15 is 0 Å². The van der Waals surface area contributed by atoms with E-state index in [9.17, 15) is 4.79 Å². The van der Waals surface area contributed by atoms with Gasteiger partial charge in [0.05, 0.1) is 19.1 Å². The number of benzene rings is 4. The maximum absolute atomic E-state index is 13.2. The Kier molecular flexibility index (Phi) is 6.44. The van der Waals surface area contributed by atoms with Crippen molar-refractivity contribution in [2.75, 3.05) is 12.0 Å². The van der Waals surface area contributed by atoms with Gasteiger partial charge in [-0.1, -0.05) is 84.9 Å². The zero-order chi connectivity index (χ0) is 23.3. The molecule has 4 aromatic carbocycles. The van der Waals surface area contributed by atoms with Crippen LogP contribution in [0.3, 0.4) is 0 Å². The van der Waals surface area contributed by atoms with Crippen molar-refractivity contribution >= 4 is 11.6 Å². The molecule has 34 heavy (non-hydrogen) atoms. The van der Waals surface area contributed by atoms with E-state index in [1.165, 1.54) is 16.7 Å². The van der Waals surface area contributed by atoms with E-state index in [4.69, 9.17) is 4.74 Å². The molecule has 1 heterocycles. The Labute approximate surface area is 201 Å². The number of methoxy groups -OCH3 is 1. The maximum atomic E-state index is 13.2. The van der Waals surface area contributed by atoms with Crippen molar-refractivity contribution in [3.05, 3.63) is 120 Å². The summed E-state index contributed by atoms with van der Waals surface area (Å²) in [5.74, 6) is 1.04. The number of anilines is 1. The Morgan fingerprint density at radius 2 is 1.35 bits per heavy atom. The van der Waals surface area contributed by atoms with Gasteiger partial charge in [0.25, 0.3) is 0 Å². The summed E-state index contributed by atoms with van der Waals surface area (Å²) in [4.78, 5) is 15.2. The summed E-state index contributed by atoms with van der Waals surface area (Å²) in [7, 11) is 1.67. The molecule has 0 aromatic heterocycles. The minimum Gasteiger partial charge on any atom is -0.497 e. The molecule has 1 aliphatic heterocycles. The van der Waals surface area contributed by atoms with Gasteiger partial charge in [-0.2, -0.15) is 0 Å². The number of ether oxygens (including phenoxy) is 1. The summed E-state index contributed by atoms with van der Waals surface area (Å²) >= 11 is 0. The van der Waals surface area contributed by atoms with Crippen molar-refractivity contribution in [3.8, 4) is 16.9 Å². The lowest BCUT2D eigenvalue weighted by molar-refractivity contribution is -0.130. The van der Waals surface area contributed by atoms with Gasteiger partial charge < -0.3 is 9.64 Å². The van der Waals surface area contributed by atoms with Crippen molar-refractivity contribution in [1.82, 2.24) is 0 Å². The first-order chi connectivity index (χ1) is 16.7. The van der Waals surface area contributed by atoms with Gasteiger partial charge in [-0.15, -0.1) is 0 Å². The molecular weight excluding hydrogens is 418 g/mol. The summed E-state index contributed by atoms with van der Waals surface area (Å²) < 4.78 is 5.33. The summed E-state index contributed by atoms with van der Waals surface area (Å²) in [6, 6.07) is 37.4. The first-order valence-electron chi connectivity index (χ1n) is 11.9. The number of amides is 1. The molecule has 170 valence electrons. The SMILES string of the molecule is COc1ccc([C@@H]2[C@@H](CCCc3ccc(-c4ccccc4)cc3)C(=O)N2c2ccccc2)cc1. The highest BCUT2D eigenvalue weighted by Crippen LogP contribution is 2.45. The van der Waals surface area contributed by atoms with Crippen LogP contribution in [0.5, 0.6) is 5.75 Å². The van der Waals surface area contributed by atoms with Crippen LogP contribution in [0.1, 0.15) is 30.0 Å². The molecule has 1 amide bonds. The Bertz CT molecular complexity index is 1220. The number of rotatable bonds is 8. The van der Waals surface area contributed by atoms with Gasteiger partial charge in [-0.05, 0) is 65.8 Å². The molecule has 4 aromatic rings. The van der Waals surface area contributed by atoms with Gasteiger partial charge in [-0.25, -0.2) is 0 Å². The number of hydrogen-bond donors (Lipinski definition) is 0. The number of para-hydroxylation sites is 1. The molecule has 5 rings (SSSR count). The average Bonchev–Trinajstić information content (AvgIpc) is 2.91. The molecule has 0 unspecified atom stereocenters. The first-order valence-corrected chi connectivity index (χ1v) is 11.9. The zero-order valence-corrected chi connectivity index (χ0v) is 19.4. The molecule has 0 bridgehead atoms. The van der Waals surface area contributed by atoms with Crippen LogP contribution < -0.4 is 9.64 Å². The lowest BCUT2D eigenvalue weighted by atomic mass is 9.78. The Morgan fingerprint density at radius 3 is 2.00 bits per heavy atom. The predicted octanol–water partition coefficient (Wildman–Crippen LogP) is 7.09. The van der Waals surface area contributed by atoms with Crippen LogP contribution in [0.4, 0.5) is 5.69 Å². The van der Waals surface area contributed by atoms with E-state index in [-0.39, 0.29) is 17.9 Å². The molecule has 0 saturated carbocycles. The number of nitrogens with zero attached hydrogens (tertiary/aromatic N) is 1. The highest BCUT2D eigenvalue weighted by atomic mass is 16.5. The third kappa shape index (κ3) is 4.47. The number of hydrogen-bond acceptors (Lipinski definition) is 2. The van der Waals surface area contributed by atoms with Crippen molar-refractivity contribution in [2.45, 2.75) is 25.3 Å². The molecule has 0 N–H and O–H groups in total. The van der Waals surface area contributed by atoms with Crippen LogP contribution in [0, 0.1) is 5.92 Å². The molecular formula is C31H29NO2. The van der Waals surface area contributed by atoms with Gasteiger partial charge >= 0.3 is 0 Å². The van der Waals surface area contributed by atoms with Crippen molar-refractivity contribution in [2.24, 2.45) is 5.92 Å². The molecule has 0 spiro atoms. The third-order valence-corrected chi connectivity index (χ3v) is 6.75. The summed E-state index contributed by atoms with van der Waals surface area (Å²) in [6.07, 6.45) is 2.83. The van der Waals surface area contributed by atoms with Crippen molar-refractivity contribution in [3.63, 3.8) is 0 Å². The van der Waals surface area contributed by atoms with Crippen LogP contribution in [0.2, 0.25) is 0 Å². The van der Waals surface area contributed by atoms with E-state index in [0.29, 0.717) is 0 Å². The Hall–Kier alpha value is -3.85. The number of β-lactam (4-membered cyclic amide) rings is 1. The van der Waals surface area contributed by atoms with E-state index < -0.39 is 0 Å². The Morgan fingerprint density at radius 1 is 0.735 bits per heavy atom. The summed E-state index contributed by atoms with van der Waals surface area (Å²) in [5.41, 5.74) is 5.89. The molecule has 3 nitrogen and oxygen atoms in total. The normalized spacial score (nSPS) is 17.3. The minimum atomic E-state index is -0.00260. The maximum Gasteiger partial charge on any atom is 0.233 e. The van der Waals surface area contributed by atoms with E-state index in [0.717, 1.165) is 36.3 Å². The van der Waals surface area contributed by atoms with Gasteiger partial charge in [0.15, 0.2) is 0 Å². The van der Waals surface area contributed by atoms with Gasteiger partial charge in [-0.3, -0.25) is 4.79 Å². The smallest absolute Gasteiger partial charge is 0.233 e. The van der Waals surface area contributed by atoms with Gasteiger partial charge in [0.2, 0.25) is 5.91 Å². The largest absolute Gasteiger partial charge is 0.497 e. The van der Waals surface area contributed by atoms with Gasteiger partial charge in [0.1, 0.15) is 5.75 Å². The van der Waals surface area contributed by atoms with E-state index in [1.54, 1.807) is 7.11 Å². The lowest BCUT2D eigenvalue weighted by Crippen LogP contribution is -2.55. The monoisotopic (exact) mass is 447 g/mol. The molecule has 0 radical (unpaired) electrons. The fourth-order valence-electron chi connectivity index (χ4n) is 4.91. The van der Waals surface area contributed by atoms with E-state index in [1.807, 2.05) is 53.4 Å². The molecule has 1 aliphatic rings. The van der Waals surface area contributed by atoms with Crippen molar-refractivity contribution in [1.29, 1.82) is 0 Å². The molecule has 3 heteroatoms. The van der Waals surface area contributed by atoms with Crippen molar-refractivity contribution < 1.29 is 9.53 Å². The third-order valence-electron chi connectivity index (χ3n) is 6.75. The fourth-order valence-corrected chi connectivity index (χ4v) is 4.91. The second-order valence-electron chi connectivity index (χ2n) is 8.82. The highest BCUT2D eigenvalue weighted by molar-refractivity contribution is 6.03. The van der Waals surface area contributed by atoms with Crippen LogP contribution in [0.25, 0.3) is 11.1 Å². The predicted molar refractivity (Wildman–Crippen MR) is 138 cm³/mol. The quantitative estimate of drug-likeness (QED) is 0.270. The number of carbonyl (C=O) groups excluding carboxylic acids is 1. The highest BCUT2D eigenvalue weighted by Gasteiger charge is 2.48. The molecule has 1 saturated heterocycles. The second kappa shape index (κ2) is 9.96. The number of aryl methyl sites for hydroxylation is 1. The second-order valence-corrected chi connectivity index (χ2v) is 8.82. The van der Waals surface area contributed by atoms with Crippen LogP contribution in [-0.2, 0) is 11.2 Å². The van der Waals surface area contributed by atoms with Crippen LogP contribution in [0.15, 0.2) is 109 Å². The average molecular weight is 448 g/mol. The van der Waals surface area contributed by atoms with Gasteiger partial charge in [0, 0.05) is 5.69 Å². The Balaban J connectivity index is 1.27. The first kappa shape index (κ1) is 22.0. The summed E-state index contributed by atoms with van der Waals surface area (Å²) in [6.45, 7) is 0. The molecule has 0 aliphatic carbocycles. The minimum absolute atomic E-state index is 0.00260. The number of carbonyl (C=O) groups is 1. The summed E-state index contributed by atoms with van der Waals surface area (Å²) in [5, 5.41) is 0. The topological polar surface area (TPSA) is 29.5 Å². The lowest BCUT2D eigenvalue weighted by Gasteiger charge is -2.47. The standard InChI is InChI=1S/C31H29NO2/c1-34-28-21-19-26(20-22-28)30-29(31(33)32(30)27-12-6-3-7-13-27)14-8-9-23-15-17-25(18-16-23)24-10-4-2-5-11-24/h2-7,10-13,15-22,29-30H,8-9,14H2,1H3/t29-,30-/m1/s1.